The number of pyridine rings is 1. The van der Waals surface area contributed by atoms with Gasteiger partial charge in [0.25, 0.3) is 0 Å². The number of alkyl halides is 4. The second-order valence-electron chi connectivity index (χ2n) is 7.87. The van der Waals surface area contributed by atoms with Gasteiger partial charge in [-0.3, -0.25) is 15.1 Å². The third-order valence-electron chi connectivity index (χ3n) is 4.71. The summed E-state index contributed by atoms with van der Waals surface area (Å²) in [6, 6.07) is -2.73. The summed E-state index contributed by atoms with van der Waals surface area (Å²) in [7, 11) is 0. The number of amides is 1. The molecule has 0 spiro atoms. The molecule has 0 bridgehead atoms. The predicted octanol–water partition coefficient (Wildman–Crippen LogP) is 7.46. The van der Waals surface area contributed by atoms with Crippen molar-refractivity contribution >= 4 is 11.9 Å². The highest BCUT2D eigenvalue weighted by molar-refractivity contribution is 5.89. The number of rotatable bonds is 17. The van der Waals surface area contributed by atoms with E-state index in [1.165, 1.54) is 12.3 Å². The topological polar surface area (TPSA) is 68.3 Å². The van der Waals surface area contributed by atoms with Crippen molar-refractivity contribution in [2.24, 2.45) is 0 Å². The number of carbonyl (C=O) groups is 2. The first-order chi connectivity index (χ1) is 17.7. The standard InChI is InChI=1S/C28H34F4N2O3/c1-2-3-4-5-6-7-8-9-10-11-12-13-14-15-16-17-18-21-25(35)34-27(29,30)28(31,32)37-26(36)24-20-19-22-33-23-24/h3-4,6-7,9-10,12-13,15-16,19-20,22-23H,2,5,8,11,14,17-18,21H2,1H3,(H,34,35)/b4-3-,7-6-,10-9-,13-12-,16-15-. The number of allylic oxidation sites excluding steroid dienone is 10. The van der Waals surface area contributed by atoms with E-state index in [0.29, 0.717) is 12.8 Å². The zero-order valence-electron chi connectivity index (χ0n) is 20.9. The first-order valence-electron chi connectivity index (χ1n) is 12.1. The Morgan fingerprint density at radius 3 is 1.95 bits per heavy atom. The highest BCUT2D eigenvalue weighted by Gasteiger charge is 2.61. The molecule has 0 atom stereocenters. The zero-order valence-corrected chi connectivity index (χ0v) is 20.9. The molecular weight excluding hydrogens is 488 g/mol. The number of unbranched alkanes of at least 4 members (excludes halogenated alkanes) is 1. The molecule has 37 heavy (non-hydrogen) atoms. The lowest BCUT2D eigenvalue weighted by Crippen LogP contribution is -2.56. The smallest absolute Gasteiger partial charge is 0.391 e. The highest BCUT2D eigenvalue weighted by Crippen LogP contribution is 2.34. The number of carbonyl (C=O) groups excluding carboxylic acids is 2. The van der Waals surface area contributed by atoms with Crippen LogP contribution in [0.1, 0.15) is 68.6 Å². The van der Waals surface area contributed by atoms with Crippen LogP contribution in [0.2, 0.25) is 0 Å². The molecule has 1 aromatic rings. The summed E-state index contributed by atoms with van der Waals surface area (Å²) < 4.78 is 58.9. The number of aromatic nitrogens is 1. The van der Waals surface area contributed by atoms with Crippen molar-refractivity contribution in [2.75, 3.05) is 0 Å². The van der Waals surface area contributed by atoms with Crippen molar-refractivity contribution in [2.45, 2.75) is 70.4 Å². The minimum atomic E-state index is -5.24. The average molecular weight is 523 g/mol. The number of esters is 1. The Kier molecular flexibility index (Phi) is 15.2. The molecule has 1 amide bonds. The Hall–Kier alpha value is -3.49. The highest BCUT2D eigenvalue weighted by atomic mass is 19.3. The maximum Gasteiger partial charge on any atom is 0.488 e. The van der Waals surface area contributed by atoms with Crippen molar-refractivity contribution in [3.63, 3.8) is 0 Å². The fourth-order valence-corrected chi connectivity index (χ4v) is 2.78. The number of ether oxygens (including phenoxy) is 1. The number of halogens is 4. The molecule has 1 rings (SSSR count). The zero-order chi connectivity index (χ0) is 27.4. The van der Waals surface area contributed by atoms with Crippen molar-refractivity contribution < 1.29 is 31.9 Å². The normalized spacial score (nSPS) is 13.0. The number of hydrogen-bond donors (Lipinski definition) is 1. The number of nitrogens with zero attached hydrogens (tertiary/aromatic N) is 1. The van der Waals surface area contributed by atoms with Crippen molar-refractivity contribution in [3.8, 4) is 0 Å². The van der Waals surface area contributed by atoms with Gasteiger partial charge in [0.2, 0.25) is 5.91 Å². The molecule has 0 unspecified atom stereocenters. The van der Waals surface area contributed by atoms with Gasteiger partial charge in [-0.1, -0.05) is 67.7 Å². The van der Waals surface area contributed by atoms with Crippen LogP contribution in [0.4, 0.5) is 17.6 Å². The number of hydrogen-bond acceptors (Lipinski definition) is 4. The fourth-order valence-electron chi connectivity index (χ4n) is 2.78. The third-order valence-corrected chi connectivity index (χ3v) is 4.71. The quantitative estimate of drug-likeness (QED) is 0.0758. The maximum atomic E-state index is 13.8. The minimum absolute atomic E-state index is 0.188. The van der Waals surface area contributed by atoms with E-state index in [2.05, 4.69) is 53.1 Å². The van der Waals surface area contributed by atoms with Crippen LogP contribution in [0, 0.1) is 0 Å². The van der Waals surface area contributed by atoms with E-state index < -0.39 is 36.0 Å². The van der Waals surface area contributed by atoms with Gasteiger partial charge in [0.15, 0.2) is 0 Å². The molecule has 0 saturated heterocycles. The maximum absolute atomic E-state index is 13.8. The molecule has 0 aliphatic heterocycles. The van der Waals surface area contributed by atoms with E-state index >= 15 is 0 Å². The summed E-state index contributed by atoms with van der Waals surface area (Å²) in [4.78, 5) is 26.9. The van der Waals surface area contributed by atoms with Gasteiger partial charge >= 0.3 is 18.1 Å². The Labute approximate surface area is 215 Å². The van der Waals surface area contributed by atoms with E-state index in [1.54, 1.807) is 6.08 Å². The lowest BCUT2D eigenvalue weighted by Gasteiger charge is -2.25. The van der Waals surface area contributed by atoms with E-state index in [1.807, 2.05) is 18.2 Å². The molecule has 9 heteroatoms. The van der Waals surface area contributed by atoms with Crippen LogP contribution in [0.5, 0.6) is 0 Å². The van der Waals surface area contributed by atoms with E-state index in [9.17, 15) is 27.2 Å². The van der Waals surface area contributed by atoms with Gasteiger partial charge in [0.05, 0.1) is 5.56 Å². The van der Waals surface area contributed by atoms with Gasteiger partial charge in [-0.2, -0.15) is 17.6 Å². The average Bonchev–Trinajstić information content (AvgIpc) is 2.85. The predicted molar refractivity (Wildman–Crippen MR) is 136 cm³/mol. The second-order valence-corrected chi connectivity index (χ2v) is 7.87. The van der Waals surface area contributed by atoms with Gasteiger partial charge < -0.3 is 4.74 Å². The minimum Gasteiger partial charge on any atom is -0.391 e. The molecular formula is C28H34F4N2O3. The van der Waals surface area contributed by atoms with Crippen molar-refractivity contribution in [3.05, 3.63) is 90.9 Å². The SMILES string of the molecule is CC/C=C\C/C=C\C/C=C\C/C=C\C/C=C\CCCC(=O)NC(F)(F)C(F)(F)OC(=O)c1cccnc1. The van der Waals surface area contributed by atoms with Crippen LogP contribution >= 0.6 is 0 Å². The molecule has 1 aromatic heterocycles. The summed E-state index contributed by atoms with van der Waals surface area (Å²) in [5.41, 5.74) is -0.429. The second kappa shape index (κ2) is 17.9. The van der Waals surface area contributed by atoms with Gasteiger partial charge in [-0.05, 0) is 57.1 Å². The molecule has 0 aliphatic rings. The van der Waals surface area contributed by atoms with Gasteiger partial charge in [-0.15, -0.1) is 0 Å². The van der Waals surface area contributed by atoms with Gasteiger partial charge in [0.1, 0.15) is 0 Å². The Bertz CT molecular complexity index is 955. The lowest BCUT2D eigenvalue weighted by atomic mass is 10.2. The molecule has 0 saturated carbocycles. The van der Waals surface area contributed by atoms with Gasteiger partial charge in [-0.25, -0.2) is 4.79 Å². The molecule has 0 aliphatic carbocycles. The first-order valence-corrected chi connectivity index (χ1v) is 12.1. The summed E-state index contributed by atoms with van der Waals surface area (Å²) in [5, 5.41) is 0.944. The molecule has 1 N–H and O–H groups in total. The number of nitrogens with one attached hydrogen (secondary N) is 1. The molecule has 0 fully saturated rings. The molecule has 0 aromatic carbocycles. The van der Waals surface area contributed by atoms with E-state index in [-0.39, 0.29) is 6.42 Å². The lowest BCUT2D eigenvalue weighted by molar-refractivity contribution is -0.330. The summed E-state index contributed by atoms with van der Waals surface area (Å²) in [6.07, 6.45) is 21.9. The van der Waals surface area contributed by atoms with E-state index in [4.69, 9.17) is 0 Å². The van der Waals surface area contributed by atoms with Crippen LogP contribution < -0.4 is 5.32 Å². The third kappa shape index (κ3) is 14.0. The first kappa shape index (κ1) is 31.5. The van der Waals surface area contributed by atoms with Crippen LogP contribution in [-0.2, 0) is 9.53 Å². The summed E-state index contributed by atoms with van der Waals surface area (Å²) in [6.45, 7) is 2.10. The Morgan fingerprint density at radius 2 is 1.43 bits per heavy atom. The summed E-state index contributed by atoms with van der Waals surface area (Å²) in [5.74, 6) is -2.97. The van der Waals surface area contributed by atoms with E-state index in [0.717, 1.165) is 43.3 Å². The van der Waals surface area contributed by atoms with Crippen LogP contribution in [0.25, 0.3) is 0 Å². The van der Waals surface area contributed by atoms with Crippen LogP contribution in [-0.4, -0.2) is 29.0 Å². The molecule has 202 valence electrons. The molecule has 5 nitrogen and oxygen atoms in total. The van der Waals surface area contributed by atoms with Crippen molar-refractivity contribution in [1.82, 2.24) is 10.3 Å². The summed E-state index contributed by atoms with van der Waals surface area (Å²) >= 11 is 0. The molecule has 1 heterocycles. The van der Waals surface area contributed by atoms with Crippen molar-refractivity contribution in [1.29, 1.82) is 0 Å². The fraction of sp³-hybridized carbons (Fsp3) is 0.393. The molecule has 0 radical (unpaired) electrons. The Morgan fingerprint density at radius 1 is 0.892 bits per heavy atom. The van der Waals surface area contributed by atoms with Crippen LogP contribution in [0.15, 0.2) is 85.3 Å². The van der Waals surface area contributed by atoms with Crippen LogP contribution in [0.3, 0.4) is 0 Å². The largest absolute Gasteiger partial charge is 0.488 e. The van der Waals surface area contributed by atoms with Gasteiger partial charge in [0, 0.05) is 18.8 Å². The monoisotopic (exact) mass is 522 g/mol. The Balaban J connectivity index is 2.23.